The van der Waals surface area contributed by atoms with Crippen molar-refractivity contribution < 1.29 is 22.8 Å². The zero-order chi connectivity index (χ0) is 27.8. The summed E-state index contributed by atoms with van der Waals surface area (Å²) in [5, 5.41) is 6.02. The molecular weight excluding hydrogens is 513 g/mol. The van der Waals surface area contributed by atoms with Gasteiger partial charge in [0, 0.05) is 30.1 Å². The minimum absolute atomic E-state index is 0.112. The van der Waals surface area contributed by atoms with E-state index in [0.29, 0.717) is 12.8 Å². The average Bonchev–Trinajstić information content (AvgIpc) is 3.24. The monoisotopic (exact) mass is 546 g/mol. The molecule has 4 atom stereocenters. The average molecular weight is 547 g/mol. The van der Waals surface area contributed by atoms with E-state index in [1.807, 2.05) is 20.8 Å². The molecule has 38 heavy (non-hydrogen) atoms. The summed E-state index contributed by atoms with van der Waals surface area (Å²) in [7, 11) is 0. The summed E-state index contributed by atoms with van der Waals surface area (Å²) in [4.78, 5) is 28.0. The molecule has 1 spiro atoms. The first-order chi connectivity index (χ1) is 17.6. The molecule has 5 rings (SSSR count). The summed E-state index contributed by atoms with van der Waals surface area (Å²) in [5.41, 5.74) is -1.21. The van der Waals surface area contributed by atoms with Crippen LogP contribution in [0.15, 0.2) is 30.3 Å². The third-order valence-corrected chi connectivity index (χ3v) is 8.83. The van der Waals surface area contributed by atoms with E-state index in [2.05, 4.69) is 24.5 Å². The Morgan fingerprint density at radius 3 is 2.39 bits per heavy atom. The zero-order valence-corrected chi connectivity index (χ0v) is 23.1. The number of ketones is 1. The van der Waals surface area contributed by atoms with Crippen molar-refractivity contribution in [1.82, 2.24) is 5.32 Å². The summed E-state index contributed by atoms with van der Waals surface area (Å²) in [6.07, 6.45) is 2.54. The van der Waals surface area contributed by atoms with Gasteiger partial charge in [0.2, 0.25) is 5.91 Å². The summed E-state index contributed by atoms with van der Waals surface area (Å²) < 4.78 is 44.7. The van der Waals surface area contributed by atoms with Gasteiger partial charge in [0.1, 0.15) is 11.2 Å². The van der Waals surface area contributed by atoms with Gasteiger partial charge in [-0.15, -0.1) is 0 Å². The van der Waals surface area contributed by atoms with Crippen molar-refractivity contribution in [2.75, 3.05) is 5.32 Å². The molecule has 8 heteroatoms. The number of fused-ring (bicyclic) bond motifs is 2. The normalized spacial score (nSPS) is 28.3. The number of rotatable bonds is 5. The fourth-order valence-electron chi connectivity index (χ4n) is 7.27. The molecule has 0 aromatic heterocycles. The topological polar surface area (TPSA) is 58.2 Å². The van der Waals surface area contributed by atoms with Crippen LogP contribution in [0.3, 0.4) is 0 Å². The van der Waals surface area contributed by atoms with Crippen LogP contribution in [-0.4, -0.2) is 23.8 Å². The number of Topliss-reactive ketones (excluding diaryl/α,β-unsaturated/α-hetero) is 1. The molecule has 1 aliphatic carbocycles. The zero-order valence-electron chi connectivity index (χ0n) is 22.4. The Labute approximate surface area is 226 Å². The lowest BCUT2D eigenvalue weighted by molar-refractivity contribution is -0.124. The molecule has 0 radical (unpaired) electrons. The van der Waals surface area contributed by atoms with Crippen LogP contribution in [-0.2, 0) is 15.0 Å². The maximum atomic E-state index is 15.7. The van der Waals surface area contributed by atoms with Crippen molar-refractivity contribution in [3.63, 3.8) is 0 Å². The van der Waals surface area contributed by atoms with Crippen LogP contribution in [0, 0.1) is 34.2 Å². The Kier molecular flexibility index (Phi) is 6.50. The van der Waals surface area contributed by atoms with E-state index in [4.69, 9.17) is 11.6 Å². The van der Waals surface area contributed by atoms with Crippen molar-refractivity contribution in [3.8, 4) is 0 Å². The number of hydrogen-bond donors (Lipinski definition) is 2. The first kappa shape index (κ1) is 27.2. The summed E-state index contributed by atoms with van der Waals surface area (Å²) in [5.74, 6) is -4.35. The van der Waals surface area contributed by atoms with Crippen LogP contribution in [0.25, 0.3) is 0 Å². The maximum absolute atomic E-state index is 15.7. The van der Waals surface area contributed by atoms with E-state index >= 15 is 4.39 Å². The SMILES string of the molecule is CC(C)(C)C[C@@H]1N[C@@H](C(=O)CC2CC(C)(C)C2)[C@H](c2cccc(Cl)c2F)[C@]12C(=O)Nc1cc(F)c(F)cc12. The van der Waals surface area contributed by atoms with Gasteiger partial charge in [-0.3, -0.25) is 9.59 Å². The van der Waals surface area contributed by atoms with E-state index in [0.717, 1.165) is 25.0 Å². The Bertz CT molecular complexity index is 1310. The van der Waals surface area contributed by atoms with Crippen molar-refractivity contribution >= 4 is 29.0 Å². The lowest BCUT2D eigenvalue weighted by atomic mass is 9.60. The fraction of sp³-hybridized carbons (Fsp3) is 0.533. The van der Waals surface area contributed by atoms with E-state index in [1.165, 1.54) is 12.1 Å². The third kappa shape index (κ3) is 4.36. The second kappa shape index (κ2) is 9.09. The molecule has 2 aromatic carbocycles. The van der Waals surface area contributed by atoms with Crippen LogP contribution in [0.1, 0.15) is 77.3 Å². The number of nitrogens with one attached hydrogen (secondary N) is 2. The van der Waals surface area contributed by atoms with Crippen LogP contribution in [0.2, 0.25) is 5.02 Å². The highest BCUT2D eigenvalue weighted by Crippen LogP contribution is 2.58. The van der Waals surface area contributed by atoms with Crippen LogP contribution in [0.5, 0.6) is 0 Å². The minimum atomic E-state index is -1.55. The van der Waals surface area contributed by atoms with Gasteiger partial charge >= 0.3 is 0 Å². The Morgan fingerprint density at radius 2 is 1.76 bits per heavy atom. The third-order valence-electron chi connectivity index (χ3n) is 8.54. The largest absolute Gasteiger partial charge is 0.325 e. The predicted octanol–water partition coefficient (Wildman–Crippen LogP) is 6.90. The number of carbonyl (C=O) groups excluding carboxylic acids is 2. The molecular formula is C30H34ClF3N2O2. The number of benzene rings is 2. The number of hydrogen-bond acceptors (Lipinski definition) is 3. The maximum Gasteiger partial charge on any atom is 0.237 e. The molecule has 2 heterocycles. The van der Waals surface area contributed by atoms with E-state index in [9.17, 15) is 18.4 Å². The number of carbonyl (C=O) groups is 2. The molecule has 4 nitrogen and oxygen atoms in total. The van der Waals surface area contributed by atoms with Gasteiger partial charge < -0.3 is 10.6 Å². The minimum Gasteiger partial charge on any atom is -0.325 e. The van der Waals surface area contributed by atoms with E-state index in [-0.39, 0.29) is 44.4 Å². The summed E-state index contributed by atoms with van der Waals surface area (Å²) in [6, 6.07) is 4.95. The summed E-state index contributed by atoms with van der Waals surface area (Å²) >= 11 is 6.20. The van der Waals surface area contributed by atoms with E-state index in [1.54, 1.807) is 6.07 Å². The molecule has 2 aromatic rings. The van der Waals surface area contributed by atoms with Crippen molar-refractivity contribution in [1.29, 1.82) is 0 Å². The number of halogens is 4. The standard InChI is InChI=1S/C30H34ClF3N2O2/c1-28(2,3)14-23-30(17-10-19(32)20(33)11-21(17)35-27(30)38)24(16-7-6-8-18(31)25(16)34)26(36-23)22(37)9-15-12-29(4,5)13-15/h6-8,10-11,15,23-24,26,36H,9,12-14H2,1-5H3,(H,35,38)/t23-,24-,26-,30+/m0/s1. The molecule has 0 bridgehead atoms. The van der Waals surface area contributed by atoms with Gasteiger partial charge in [-0.2, -0.15) is 0 Å². The lowest BCUT2D eigenvalue weighted by Gasteiger charge is -2.43. The van der Waals surface area contributed by atoms with Gasteiger partial charge in [0.05, 0.1) is 11.1 Å². The predicted molar refractivity (Wildman–Crippen MR) is 142 cm³/mol. The molecule has 2 aliphatic heterocycles. The molecule has 1 saturated carbocycles. The van der Waals surface area contributed by atoms with Crippen molar-refractivity contribution in [2.45, 2.75) is 83.7 Å². The van der Waals surface area contributed by atoms with Crippen LogP contribution in [0.4, 0.5) is 18.9 Å². The molecule has 1 saturated heterocycles. The van der Waals surface area contributed by atoms with Gasteiger partial charge in [-0.1, -0.05) is 58.4 Å². The smallest absolute Gasteiger partial charge is 0.237 e. The highest BCUT2D eigenvalue weighted by atomic mass is 35.5. The summed E-state index contributed by atoms with van der Waals surface area (Å²) in [6.45, 7) is 10.3. The second-order valence-electron chi connectivity index (χ2n) is 13.3. The highest BCUT2D eigenvalue weighted by Gasteiger charge is 2.66. The number of anilines is 1. The van der Waals surface area contributed by atoms with Gasteiger partial charge in [0.15, 0.2) is 17.4 Å². The van der Waals surface area contributed by atoms with Crippen molar-refractivity contribution in [3.05, 3.63) is 63.9 Å². The van der Waals surface area contributed by atoms with Gasteiger partial charge in [-0.25, -0.2) is 13.2 Å². The van der Waals surface area contributed by atoms with E-state index < -0.39 is 46.8 Å². The first-order valence-corrected chi connectivity index (χ1v) is 13.6. The lowest BCUT2D eigenvalue weighted by Crippen LogP contribution is -2.49. The first-order valence-electron chi connectivity index (χ1n) is 13.2. The second-order valence-corrected chi connectivity index (χ2v) is 13.7. The Balaban J connectivity index is 1.71. The number of amides is 1. The Hall–Kier alpha value is -2.38. The fourth-order valence-corrected chi connectivity index (χ4v) is 7.46. The molecule has 2 fully saturated rings. The molecule has 204 valence electrons. The molecule has 1 amide bonds. The molecule has 2 N–H and O–H groups in total. The quantitative estimate of drug-likeness (QED) is 0.429. The van der Waals surface area contributed by atoms with Crippen molar-refractivity contribution in [2.24, 2.45) is 16.7 Å². The Morgan fingerprint density at radius 1 is 1.11 bits per heavy atom. The van der Waals surface area contributed by atoms with Crippen LogP contribution < -0.4 is 10.6 Å². The van der Waals surface area contributed by atoms with Crippen LogP contribution >= 0.6 is 11.6 Å². The van der Waals surface area contributed by atoms with Gasteiger partial charge in [0.25, 0.3) is 0 Å². The van der Waals surface area contributed by atoms with Gasteiger partial charge in [-0.05, 0) is 59.3 Å². The highest BCUT2D eigenvalue weighted by molar-refractivity contribution is 6.30. The molecule has 0 unspecified atom stereocenters. The molecule has 3 aliphatic rings.